The van der Waals surface area contributed by atoms with Crippen molar-refractivity contribution in [2.24, 2.45) is 0 Å². The van der Waals surface area contributed by atoms with E-state index in [1.165, 1.54) is 0 Å². The summed E-state index contributed by atoms with van der Waals surface area (Å²) in [5.74, 6) is -0.643. The highest BCUT2D eigenvalue weighted by Gasteiger charge is 2.38. The molecule has 3 N–H and O–H groups in total. The monoisotopic (exact) mass is 304 g/mol. The van der Waals surface area contributed by atoms with Gasteiger partial charge in [-0.1, -0.05) is 0 Å². The minimum Gasteiger partial charge on any atom is -0.502 e. The van der Waals surface area contributed by atoms with Crippen molar-refractivity contribution >= 4 is 15.7 Å². The van der Waals surface area contributed by atoms with E-state index in [0.717, 1.165) is 22.5 Å². The fourth-order valence-electron chi connectivity index (χ4n) is 1.89. The predicted octanol–water partition coefficient (Wildman–Crippen LogP) is -0.974. The van der Waals surface area contributed by atoms with Crippen LogP contribution in [0, 0.1) is 10.1 Å². The molecule has 0 aliphatic carbocycles. The van der Waals surface area contributed by atoms with Gasteiger partial charge in [-0.3, -0.25) is 10.1 Å². The van der Waals surface area contributed by atoms with Crippen molar-refractivity contribution in [3.63, 3.8) is 0 Å². The summed E-state index contributed by atoms with van der Waals surface area (Å²) in [4.78, 5) is 9.40. The van der Waals surface area contributed by atoms with Gasteiger partial charge in [0.2, 0.25) is 10.0 Å². The van der Waals surface area contributed by atoms with Crippen LogP contribution in [-0.2, 0) is 10.0 Å². The van der Waals surface area contributed by atoms with Crippen molar-refractivity contribution in [1.82, 2.24) is 4.31 Å². The van der Waals surface area contributed by atoms with Crippen molar-refractivity contribution in [2.45, 2.75) is 17.1 Å². The van der Waals surface area contributed by atoms with Gasteiger partial charge in [-0.15, -0.1) is 0 Å². The van der Waals surface area contributed by atoms with E-state index in [0.29, 0.717) is 0 Å². The quantitative estimate of drug-likeness (QED) is 0.481. The molecule has 0 amide bonds. The smallest absolute Gasteiger partial charge is 0.312 e. The number of aromatic hydroxyl groups is 1. The lowest BCUT2D eigenvalue weighted by molar-refractivity contribution is -0.386. The Morgan fingerprint density at radius 1 is 1.25 bits per heavy atom. The number of sulfonamides is 1. The largest absolute Gasteiger partial charge is 0.502 e. The standard InChI is InChI=1S/C10H12N2O7S/c13-8-2-1-6(3-7(8)12(16)17)20(18,19)11-4-9(14)10(15)5-11/h1-3,9-10,13-15H,4-5H2/t9-,10+. The molecule has 9 nitrogen and oxygen atoms in total. The second kappa shape index (κ2) is 4.98. The van der Waals surface area contributed by atoms with Gasteiger partial charge in [0.1, 0.15) is 0 Å². The number of nitrogens with zero attached hydrogens (tertiary/aromatic N) is 2. The van der Waals surface area contributed by atoms with Gasteiger partial charge >= 0.3 is 5.69 Å². The molecule has 0 bridgehead atoms. The Bertz CT molecular complexity index is 635. The summed E-state index contributed by atoms with van der Waals surface area (Å²) in [7, 11) is -4.08. The number of β-amino-alcohol motifs (C(OH)–C–C–N with tert-alkyl or cyclic N) is 2. The topological polar surface area (TPSA) is 141 Å². The van der Waals surface area contributed by atoms with E-state index in [-0.39, 0.29) is 18.0 Å². The van der Waals surface area contributed by atoms with Gasteiger partial charge in [0, 0.05) is 19.2 Å². The first-order chi connectivity index (χ1) is 9.23. The molecule has 1 aromatic rings. The van der Waals surface area contributed by atoms with E-state index in [4.69, 9.17) is 0 Å². The molecule has 2 atom stereocenters. The number of benzene rings is 1. The normalized spacial score (nSPS) is 23.9. The van der Waals surface area contributed by atoms with Gasteiger partial charge in [0.25, 0.3) is 0 Å². The molecule has 1 fully saturated rings. The van der Waals surface area contributed by atoms with E-state index in [9.17, 15) is 33.9 Å². The van der Waals surface area contributed by atoms with E-state index < -0.39 is 38.6 Å². The maximum atomic E-state index is 12.2. The molecule has 1 heterocycles. The Balaban J connectivity index is 2.40. The molecular formula is C10H12N2O7S. The van der Waals surface area contributed by atoms with Crippen LogP contribution in [0.3, 0.4) is 0 Å². The Labute approximate surface area is 113 Å². The lowest BCUT2D eigenvalue weighted by Crippen LogP contribution is -2.30. The van der Waals surface area contributed by atoms with Crippen LogP contribution in [0.5, 0.6) is 5.75 Å². The number of nitro benzene ring substituents is 1. The molecule has 0 saturated carbocycles. The molecule has 0 unspecified atom stereocenters. The molecule has 1 saturated heterocycles. The Morgan fingerprint density at radius 2 is 1.80 bits per heavy atom. The van der Waals surface area contributed by atoms with Crippen LogP contribution in [0.25, 0.3) is 0 Å². The zero-order valence-electron chi connectivity index (χ0n) is 10.1. The Hall–Kier alpha value is -1.75. The molecule has 2 rings (SSSR count). The molecule has 110 valence electrons. The van der Waals surface area contributed by atoms with Gasteiger partial charge < -0.3 is 15.3 Å². The minimum atomic E-state index is -4.08. The van der Waals surface area contributed by atoms with Gasteiger partial charge in [-0.25, -0.2) is 8.42 Å². The Kier molecular flexibility index (Phi) is 3.65. The summed E-state index contributed by atoms with van der Waals surface area (Å²) in [6, 6.07) is 2.67. The molecule has 0 radical (unpaired) electrons. The van der Waals surface area contributed by atoms with E-state index in [1.54, 1.807) is 0 Å². The van der Waals surface area contributed by atoms with Crippen LogP contribution in [0.4, 0.5) is 5.69 Å². The predicted molar refractivity (Wildman–Crippen MR) is 65.5 cm³/mol. The molecule has 1 aromatic carbocycles. The summed E-state index contributed by atoms with van der Waals surface area (Å²) in [5.41, 5.74) is -0.730. The van der Waals surface area contributed by atoms with E-state index >= 15 is 0 Å². The third-order valence-electron chi connectivity index (χ3n) is 3.01. The highest BCUT2D eigenvalue weighted by Crippen LogP contribution is 2.30. The van der Waals surface area contributed by atoms with Crippen molar-refractivity contribution in [1.29, 1.82) is 0 Å². The third-order valence-corrected chi connectivity index (χ3v) is 4.83. The molecule has 0 spiro atoms. The number of phenolic OH excluding ortho intramolecular Hbond substituents is 1. The zero-order valence-corrected chi connectivity index (χ0v) is 10.9. The van der Waals surface area contributed by atoms with Gasteiger partial charge in [0.05, 0.1) is 22.0 Å². The fourth-order valence-corrected chi connectivity index (χ4v) is 3.39. The number of nitro groups is 1. The summed E-state index contributed by atoms with van der Waals surface area (Å²) in [6.07, 6.45) is -2.39. The molecule has 0 aromatic heterocycles. The van der Waals surface area contributed by atoms with Gasteiger partial charge in [-0.05, 0) is 12.1 Å². The highest BCUT2D eigenvalue weighted by atomic mass is 32.2. The molecular weight excluding hydrogens is 292 g/mol. The Morgan fingerprint density at radius 3 is 2.30 bits per heavy atom. The highest BCUT2D eigenvalue weighted by molar-refractivity contribution is 7.89. The summed E-state index contributed by atoms with van der Waals surface area (Å²) < 4.78 is 25.3. The van der Waals surface area contributed by atoms with Crippen LogP contribution in [0.15, 0.2) is 23.1 Å². The van der Waals surface area contributed by atoms with Crippen molar-refractivity contribution < 1.29 is 28.7 Å². The average Bonchev–Trinajstić information content (AvgIpc) is 2.70. The van der Waals surface area contributed by atoms with Crippen molar-refractivity contribution in [3.05, 3.63) is 28.3 Å². The second-order valence-corrected chi connectivity index (χ2v) is 6.30. The van der Waals surface area contributed by atoms with E-state index in [1.807, 2.05) is 0 Å². The minimum absolute atomic E-state index is 0.293. The summed E-state index contributed by atoms with van der Waals surface area (Å²) in [6.45, 7) is -0.587. The number of phenols is 1. The molecule has 1 aliphatic rings. The average molecular weight is 304 g/mol. The molecule has 10 heteroatoms. The van der Waals surface area contributed by atoms with Crippen molar-refractivity contribution in [2.75, 3.05) is 13.1 Å². The first-order valence-electron chi connectivity index (χ1n) is 5.57. The zero-order chi connectivity index (χ0) is 15.1. The number of rotatable bonds is 3. The van der Waals surface area contributed by atoms with Crippen LogP contribution in [0.1, 0.15) is 0 Å². The van der Waals surface area contributed by atoms with Gasteiger partial charge in [0.15, 0.2) is 5.75 Å². The van der Waals surface area contributed by atoms with Crippen LogP contribution in [0.2, 0.25) is 0 Å². The SMILES string of the molecule is O=[N+]([O-])c1cc(S(=O)(=O)N2C[C@@H](O)[C@@H](O)C2)ccc1O. The first kappa shape index (κ1) is 14.7. The lowest BCUT2D eigenvalue weighted by atomic mass is 10.3. The summed E-state index contributed by atoms with van der Waals surface area (Å²) >= 11 is 0. The summed E-state index contributed by atoms with van der Waals surface area (Å²) in [5, 5.41) is 38.7. The van der Waals surface area contributed by atoms with Gasteiger partial charge in [-0.2, -0.15) is 4.31 Å². The lowest BCUT2D eigenvalue weighted by Gasteiger charge is -2.15. The number of aliphatic hydroxyl groups is 2. The van der Waals surface area contributed by atoms with Crippen LogP contribution < -0.4 is 0 Å². The van der Waals surface area contributed by atoms with E-state index in [2.05, 4.69) is 0 Å². The number of aliphatic hydroxyl groups excluding tert-OH is 2. The number of hydrogen-bond donors (Lipinski definition) is 3. The fraction of sp³-hybridized carbons (Fsp3) is 0.400. The maximum Gasteiger partial charge on any atom is 0.312 e. The van der Waals surface area contributed by atoms with Crippen LogP contribution >= 0.6 is 0 Å². The molecule has 20 heavy (non-hydrogen) atoms. The maximum absolute atomic E-state index is 12.2. The first-order valence-corrected chi connectivity index (χ1v) is 7.01. The second-order valence-electron chi connectivity index (χ2n) is 4.36. The molecule has 1 aliphatic heterocycles. The van der Waals surface area contributed by atoms with Crippen LogP contribution in [-0.4, -0.2) is 58.3 Å². The third kappa shape index (κ3) is 2.45. The number of hydrogen-bond acceptors (Lipinski definition) is 7. The van der Waals surface area contributed by atoms with Crippen molar-refractivity contribution in [3.8, 4) is 5.75 Å².